The minimum atomic E-state index is -2.01. The van der Waals surface area contributed by atoms with Gasteiger partial charge in [0, 0.05) is 5.56 Å². The van der Waals surface area contributed by atoms with Crippen LogP contribution in [0.1, 0.15) is 5.56 Å². The van der Waals surface area contributed by atoms with E-state index >= 15 is 0 Å². The number of phenols is 1. The number of aliphatic hydroxyl groups is 1. The fourth-order valence-electron chi connectivity index (χ4n) is 1.99. The maximum absolute atomic E-state index is 11.0. The van der Waals surface area contributed by atoms with Gasteiger partial charge in [-0.05, 0) is 24.3 Å². The molecule has 0 amide bonds. The summed E-state index contributed by atoms with van der Waals surface area (Å²) in [5.41, 5.74) is 7.77. The molecule has 1 aliphatic carbocycles. The van der Waals surface area contributed by atoms with Crippen LogP contribution in [0.2, 0.25) is 0 Å². The van der Waals surface area contributed by atoms with Gasteiger partial charge in [-0.25, -0.2) is 4.79 Å². The van der Waals surface area contributed by atoms with E-state index < -0.39 is 17.2 Å². The molecular weight excluding hydrogens is 248 g/mol. The van der Waals surface area contributed by atoms with Crippen LogP contribution in [0.3, 0.4) is 0 Å². The van der Waals surface area contributed by atoms with Crippen molar-refractivity contribution < 1.29 is 20.1 Å². The van der Waals surface area contributed by atoms with Crippen molar-refractivity contribution in [1.82, 2.24) is 0 Å². The number of aliphatic carboxylic acids is 1. The molecule has 7 N–H and O–H groups in total. The van der Waals surface area contributed by atoms with E-state index in [-0.39, 0.29) is 16.9 Å². The fourth-order valence-corrected chi connectivity index (χ4v) is 1.99. The molecule has 2 rings (SSSR count). The maximum atomic E-state index is 11.0. The second-order valence-corrected chi connectivity index (χ2v) is 4.45. The number of carboxylic acids is 1. The number of rotatable bonds is 2. The summed E-state index contributed by atoms with van der Waals surface area (Å²) >= 11 is 0. The van der Waals surface area contributed by atoms with Crippen molar-refractivity contribution in [2.75, 3.05) is 0 Å². The number of aromatic hydroxyl groups is 1. The summed E-state index contributed by atoms with van der Waals surface area (Å²) in [6.07, 6.45) is 3.45. The number of phenolic OH excluding ortho intramolecular Hbond substituents is 1. The normalized spacial score (nSPS) is 24.9. The van der Waals surface area contributed by atoms with E-state index in [1.165, 1.54) is 24.3 Å². The largest absolute Gasteiger partial charge is 0.508 e. The van der Waals surface area contributed by atoms with Gasteiger partial charge in [-0.3, -0.25) is 0 Å². The predicted octanol–water partition coefficient (Wildman–Crippen LogP) is -0.226. The zero-order valence-corrected chi connectivity index (χ0v) is 9.95. The molecule has 0 saturated heterocycles. The third-order valence-electron chi connectivity index (χ3n) is 3.12. The van der Waals surface area contributed by atoms with Crippen LogP contribution in [-0.4, -0.2) is 27.0 Å². The molecule has 1 aliphatic rings. The molecule has 1 atom stereocenters. The summed E-state index contributed by atoms with van der Waals surface area (Å²) in [6.45, 7) is 0. The molecule has 100 valence electrons. The molecule has 0 fully saturated rings. The minimum absolute atomic E-state index is 0.0445. The lowest BCUT2D eigenvalue weighted by molar-refractivity contribution is -0.132. The fraction of sp³-hybridized carbons (Fsp3) is 0.154. The molecule has 0 aromatic heterocycles. The number of para-hydroxylation sites is 1. The average molecular weight is 262 g/mol. The summed E-state index contributed by atoms with van der Waals surface area (Å²) in [5.74, 6) is -1.44. The Morgan fingerprint density at radius 1 is 1.21 bits per heavy atom. The first-order valence-electron chi connectivity index (χ1n) is 5.52. The van der Waals surface area contributed by atoms with Gasteiger partial charge in [-0.1, -0.05) is 18.2 Å². The molecular formula is C13H14N2O4. The van der Waals surface area contributed by atoms with Crippen molar-refractivity contribution >= 4 is 5.97 Å². The molecule has 0 aliphatic heterocycles. The number of carbonyl (C=O) groups is 1. The SMILES string of the molecule is NC1(N)C=CC(C(=O)O)=CC1(O)c1ccccc1O. The first kappa shape index (κ1) is 13.3. The van der Waals surface area contributed by atoms with Gasteiger partial charge < -0.3 is 26.8 Å². The highest BCUT2D eigenvalue weighted by Gasteiger charge is 2.47. The van der Waals surface area contributed by atoms with Crippen LogP contribution in [-0.2, 0) is 10.4 Å². The molecule has 1 unspecified atom stereocenters. The van der Waals surface area contributed by atoms with Crippen molar-refractivity contribution in [2.24, 2.45) is 11.5 Å². The standard InChI is InChI=1S/C13H14N2O4/c14-13(15)6-5-8(11(17)18)7-12(13,19)9-3-1-2-4-10(9)16/h1-7,16,19H,14-15H2,(H,17,18). The molecule has 0 bridgehead atoms. The summed E-state index contributed by atoms with van der Waals surface area (Å²) in [4.78, 5) is 11.0. The van der Waals surface area contributed by atoms with Gasteiger partial charge in [0.1, 0.15) is 17.0 Å². The van der Waals surface area contributed by atoms with Crippen LogP contribution in [0.4, 0.5) is 0 Å². The molecule has 6 heteroatoms. The Bertz CT molecular complexity index is 592. The van der Waals surface area contributed by atoms with Crippen molar-refractivity contribution in [3.63, 3.8) is 0 Å². The number of benzene rings is 1. The number of carboxylic acid groups (broad SMARTS) is 1. The molecule has 0 radical (unpaired) electrons. The Kier molecular flexibility index (Phi) is 2.94. The summed E-state index contributed by atoms with van der Waals surface area (Å²) in [7, 11) is 0. The van der Waals surface area contributed by atoms with Gasteiger partial charge in [-0.15, -0.1) is 0 Å². The Morgan fingerprint density at radius 3 is 2.42 bits per heavy atom. The van der Waals surface area contributed by atoms with Crippen molar-refractivity contribution in [3.05, 3.63) is 53.6 Å². The molecule has 1 aromatic carbocycles. The van der Waals surface area contributed by atoms with E-state index in [1.54, 1.807) is 12.1 Å². The topological polar surface area (TPSA) is 130 Å². The van der Waals surface area contributed by atoms with Crippen LogP contribution in [0, 0.1) is 0 Å². The van der Waals surface area contributed by atoms with Crippen LogP contribution in [0.25, 0.3) is 0 Å². The highest BCUT2D eigenvalue weighted by Crippen LogP contribution is 2.39. The van der Waals surface area contributed by atoms with Gasteiger partial charge in [0.15, 0.2) is 0 Å². The lowest BCUT2D eigenvalue weighted by atomic mass is 9.77. The van der Waals surface area contributed by atoms with Crippen molar-refractivity contribution in [1.29, 1.82) is 0 Å². The predicted molar refractivity (Wildman–Crippen MR) is 68.0 cm³/mol. The maximum Gasteiger partial charge on any atom is 0.335 e. The number of nitrogens with two attached hydrogens (primary N) is 2. The number of hydrogen-bond donors (Lipinski definition) is 5. The second-order valence-electron chi connectivity index (χ2n) is 4.45. The highest BCUT2D eigenvalue weighted by atomic mass is 16.4. The van der Waals surface area contributed by atoms with E-state index in [2.05, 4.69) is 0 Å². The molecule has 0 saturated carbocycles. The summed E-state index contributed by atoms with van der Waals surface area (Å²) < 4.78 is 0. The monoisotopic (exact) mass is 262 g/mol. The van der Waals surface area contributed by atoms with Gasteiger partial charge in [-0.2, -0.15) is 0 Å². The molecule has 0 heterocycles. The van der Waals surface area contributed by atoms with Crippen LogP contribution in [0.15, 0.2) is 48.1 Å². The van der Waals surface area contributed by atoms with E-state index in [1.807, 2.05) is 0 Å². The smallest absolute Gasteiger partial charge is 0.335 e. The Labute approximate surface area is 109 Å². The van der Waals surface area contributed by atoms with Gasteiger partial charge in [0.05, 0.1) is 5.57 Å². The van der Waals surface area contributed by atoms with E-state index in [4.69, 9.17) is 16.6 Å². The van der Waals surface area contributed by atoms with Gasteiger partial charge in [0.2, 0.25) is 0 Å². The second kappa shape index (κ2) is 4.20. The van der Waals surface area contributed by atoms with Crippen LogP contribution < -0.4 is 11.5 Å². The Hall–Kier alpha value is -2.15. The van der Waals surface area contributed by atoms with Gasteiger partial charge in [0.25, 0.3) is 0 Å². The zero-order chi connectivity index (χ0) is 14.3. The van der Waals surface area contributed by atoms with Gasteiger partial charge >= 0.3 is 5.97 Å². The third kappa shape index (κ3) is 2.01. The minimum Gasteiger partial charge on any atom is -0.508 e. The first-order valence-corrected chi connectivity index (χ1v) is 5.52. The first-order chi connectivity index (χ1) is 8.78. The van der Waals surface area contributed by atoms with E-state index in [9.17, 15) is 15.0 Å². The molecule has 6 nitrogen and oxygen atoms in total. The summed E-state index contributed by atoms with van der Waals surface area (Å²) in [5, 5.41) is 29.5. The Morgan fingerprint density at radius 2 is 1.84 bits per heavy atom. The average Bonchev–Trinajstić information content (AvgIpc) is 2.33. The van der Waals surface area contributed by atoms with Crippen molar-refractivity contribution in [2.45, 2.75) is 11.3 Å². The highest BCUT2D eigenvalue weighted by molar-refractivity contribution is 5.90. The number of hydrogen-bond acceptors (Lipinski definition) is 5. The summed E-state index contributed by atoms with van der Waals surface area (Å²) in [6, 6.07) is 5.93. The quantitative estimate of drug-likeness (QED) is 0.468. The van der Waals surface area contributed by atoms with E-state index in [0.717, 1.165) is 6.08 Å². The van der Waals surface area contributed by atoms with E-state index in [0.29, 0.717) is 0 Å². The lowest BCUT2D eigenvalue weighted by Gasteiger charge is -2.40. The molecule has 19 heavy (non-hydrogen) atoms. The van der Waals surface area contributed by atoms with Crippen LogP contribution >= 0.6 is 0 Å². The van der Waals surface area contributed by atoms with Crippen molar-refractivity contribution in [3.8, 4) is 5.75 Å². The zero-order valence-electron chi connectivity index (χ0n) is 9.95. The Balaban J connectivity index is 2.65. The third-order valence-corrected chi connectivity index (χ3v) is 3.12. The molecule has 0 spiro atoms. The molecule has 1 aromatic rings. The van der Waals surface area contributed by atoms with Crippen LogP contribution in [0.5, 0.6) is 5.75 Å². The lowest BCUT2D eigenvalue weighted by Crippen LogP contribution is -2.64.